The second-order valence-corrected chi connectivity index (χ2v) is 30.1. The van der Waals surface area contributed by atoms with Gasteiger partial charge in [0.2, 0.25) is 15.4 Å². The maximum absolute atomic E-state index is 11.8. The molecule has 0 atom stereocenters. The van der Waals surface area contributed by atoms with Gasteiger partial charge in [0.25, 0.3) is 12.6 Å². The third kappa shape index (κ3) is 21.3. The van der Waals surface area contributed by atoms with Crippen LogP contribution in [0.15, 0.2) is 120 Å². The standard InChI is InChI=1S/3C14H16N4O8S3.3Na/c3*1-2-5-14(28(21,22)23,29(24,25)26)16-9-3-4-11(10(8-9)12(19)20)17-18-13-15-6-7-27-13;;;/h3*3-4,6-8,16H,2,5H2,1H3,(H,19,20)(H,21,22,23)(H,24,25,26);;;/q;;;3*+1/p-3/b3*18-17+;;;. The number of thiazole rings is 3. The van der Waals surface area contributed by atoms with Crippen molar-refractivity contribution < 1.29 is 196 Å². The molecule has 0 aliphatic carbocycles. The van der Waals surface area contributed by atoms with Crippen LogP contribution in [0.25, 0.3) is 0 Å². The fraction of sp³-hybridized carbons (Fsp3) is 0.286. The second-order valence-electron chi connectivity index (χ2n) is 16.8. The van der Waals surface area contributed by atoms with Crippen LogP contribution in [0.1, 0.15) is 90.4 Å². The molecule has 6 aromatic rings. The summed E-state index contributed by atoms with van der Waals surface area (Å²) in [5.74, 6) is -5.12. The minimum absolute atomic E-state index is 0. The molecule has 3 aromatic heterocycles. The Kier molecular flexibility index (Phi) is 32.2. The molecule has 3 heterocycles. The monoisotopic (exact) mass is 1460 g/mol. The van der Waals surface area contributed by atoms with Gasteiger partial charge in [0.15, 0.2) is 0 Å². The molecule has 3 aromatic carbocycles. The normalized spacial score (nSPS) is 12.5. The number of carboxylic acids is 3. The van der Waals surface area contributed by atoms with E-state index in [1.54, 1.807) is 16.1 Å². The van der Waals surface area contributed by atoms with E-state index in [1.165, 1.54) is 39.4 Å². The van der Waals surface area contributed by atoms with Crippen molar-refractivity contribution >= 4 is 162 Å². The first-order valence-corrected chi connectivity index (χ1v) is 34.7. The van der Waals surface area contributed by atoms with Crippen LogP contribution in [0.5, 0.6) is 0 Å². The van der Waals surface area contributed by atoms with Crippen molar-refractivity contribution in [3.05, 3.63) is 106 Å². The number of azo groups is 3. The number of nitrogens with one attached hydrogen (secondary N) is 3. The molecule has 0 aliphatic rings. The molecule has 0 unspecified atom stereocenters. The quantitative estimate of drug-likeness (QED) is 0.0134. The summed E-state index contributed by atoms with van der Waals surface area (Å²) in [6.07, 6.45) is 2.00. The van der Waals surface area contributed by atoms with Crippen LogP contribution in [0, 0.1) is 0 Å². The van der Waals surface area contributed by atoms with Gasteiger partial charge in [-0.2, -0.15) is 50.5 Å². The average molecular weight is 1460 g/mol. The number of carbonyl (C=O) groups excluding carboxylic acids is 3. The van der Waals surface area contributed by atoms with E-state index in [9.17, 15) is 108 Å². The zero-order valence-corrected chi connectivity index (χ0v) is 60.5. The third-order valence-electron chi connectivity index (χ3n) is 10.9. The number of carbonyl (C=O) groups is 3. The van der Waals surface area contributed by atoms with E-state index < -0.39 is 127 Å². The SMILES string of the molecule is CCCC(Nc1ccc(/N=N/c2nccs2)c(C(=O)[O-])c1)(S(=O)(=O)O)S(=O)(=O)O.CCCC(Nc1ccc(/N=N/c2nccs2)c(C(=O)[O-])c1)(S(=O)(=O)O)S(=O)(=O)O.CCCC(Nc1ccc(/N=N/c2nccs2)c(C(=O)[O-])c1)(S(=O)(=O)O)S(=O)(=O)O.[Na+].[Na+].[Na+]. The summed E-state index contributed by atoms with van der Waals surface area (Å²) >= 11 is 3.43. The van der Waals surface area contributed by atoms with Crippen molar-refractivity contribution in [2.24, 2.45) is 30.7 Å². The number of rotatable bonds is 27. The van der Waals surface area contributed by atoms with E-state index in [1.807, 2.05) is 16.0 Å². The van der Waals surface area contributed by atoms with E-state index in [0.29, 0.717) is 0 Å². The van der Waals surface area contributed by atoms with Crippen molar-refractivity contribution in [1.29, 1.82) is 0 Å². The van der Waals surface area contributed by atoms with Crippen LogP contribution in [0.3, 0.4) is 0 Å². The molecule has 0 saturated carbocycles. The third-order valence-corrected chi connectivity index (χ3v) is 23.5. The minimum atomic E-state index is -5.39. The smallest absolute Gasteiger partial charge is 0.545 e. The number of anilines is 3. The zero-order valence-electron chi connectivity index (χ0n) is 47.1. The number of hydrogen-bond acceptors (Lipinski definition) is 33. The molecule has 0 saturated heterocycles. The van der Waals surface area contributed by atoms with E-state index >= 15 is 0 Å². The molecule has 36 nitrogen and oxygen atoms in total. The van der Waals surface area contributed by atoms with E-state index in [2.05, 4.69) is 45.6 Å². The second kappa shape index (κ2) is 34.7. The molecule has 0 spiro atoms. The van der Waals surface area contributed by atoms with Crippen LogP contribution >= 0.6 is 34.0 Å². The molecule has 474 valence electrons. The molecular formula is C42H45N12Na3O24S9. The van der Waals surface area contributed by atoms with Gasteiger partial charge in [0.1, 0.15) is 0 Å². The molecule has 0 bridgehead atoms. The Morgan fingerprint density at radius 3 is 0.778 bits per heavy atom. The van der Waals surface area contributed by atoms with Gasteiger partial charge in [-0.15, -0.1) is 64.7 Å². The first kappa shape index (κ1) is 83.6. The Bertz CT molecular complexity index is 3740. The van der Waals surface area contributed by atoms with Gasteiger partial charge in [-0.3, -0.25) is 27.3 Å². The van der Waals surface area contributed by atoms with E-state index in [4.69, 9.17) is 0 Å². The summed E-state index contributed by atoms with van der Waals surface area (Å²) in [6, 6.07) is 9.14. The zero-order chi connectivity index (χ0) is 65.6. The van der Waals surface area contributed by atoms with Crippen molar-refractivity contribution in [1.82, 2.24) is 15.0 Å². The fourth-order valence-electron chi connectivity index (χ4n) is 7.07. The van der Waals surface area contributed by atoms with Gasteiger partial charge in [-0.1, -0.05) is 40.0 Å². The van der Waals surface area contributed by atoms with Crippen LogP contribution in [-0.4, -0.2) is 123 Å². The molecule has 9 N–H and O–H groups in total. The van der Waals surface area contributed by atoms with Gasteiger partial charge < -0.3 is 45.7 Å². The molecule has 0 radical (unpaired) electrons. The molecular weight excluding hydrogens is 1410 g/mol. The van der Waals surface area contributed by atoms with Gasteiger partial charge in [-0.05, 0) is 54.6 Å². The largest absolute Gasteiger partial charge is 1.00 e. The molecule has 48 heteroatoms. The summed E-state index contributed by atoms with van der Waals surface area (Å²) in [5, 5.41) is 68.4. The Hall–Kier alpha value is -4.38. The maximum atomic E-state index is 11.8. The fourth-order valence-corrected chi connectivity index (χ4v) is 15.9. The Balaban J connectivity index is 0.000000664. The van der Waals surface area contributed by atoms with Gasteiger partial charge in [0, 0.05) is 87.7 Å². The number of benzene rings is 3. The first-order chi connectivity index (χ1) is 40.2. The first-order valence-electron chi connectivity index (χ1n) is 23.4. The minimum Gasteiger partial charge on any atom is -0.545 e. The van der Waals surface area contributed by atoms with Gasteiger partial charge in [0.05, 0.1) is 35.0 Å². The number of hydrogen-bond donors (Lipinski definition) is 9. The predicted molar refractivity (Wildman–Crippen MR) is 304 cm³/mol. The van der Waals surface area contributed by atoms with Crippen LogP contribution < -0.4 is 120 Å². The summed E-state index contributed by atoms with van der Waals surface area (Å²) in [5.41, 5.74) is -3.21. The topological polar surface area (TPSA) is 596 Å². The van der Waals surface area contributed by atoms with Gasteiger partial charge >= 0.3 is 149 Å². The van der Waals surface area contributed by atoms with E-state index in [0.717, 1.165) is 88.6 Å². The van der Waals surface area contributed by atoms with Crippen molar-refractivity contribution in [2.75, 3.05) is 16.0 Å². The summed E-state index contributed by atoms with van der Waals surface area (Å²) < 4.78 is 189. The van der Waals surface area contributed by atoms with E-state index in [-0.39, 0.29) is 157 Å². The number of aromatic nitrogens is 3. The number of carboxylic acid groups (broad SMARTS) is 3. The maximum Gasteiger partial charge on any atom is 1.00 e. The number of nitrogens with zero attached hydrogens (tertiary/aromatic N) is 9. The van der Waals surface area contributed by atoms with Crippen molar-refractivity contribution in [3.8, 4) is 0 Å². The summed E-state index contributed by atoms with van der Waals surface area (Å²) in [7, 11) is -32.3. The molecule has 90 heavy (non-hydrogen) atoms. The summed E-state index contributed by atoms with van der Waals surface area (Å²) in [4.78, 5) is 45.8. The predicted octanol–water partition coefficient (Wildman–Crippen LogP) is -4.30. The number of aromatic carboxylic acids is 3. The molecule has 0 amide bonds. The summed E-state index contributed by atoms with van der Waals surface area (Å²) in [6.45, 7) is 4.25. The Morgan fingerprint density at radius 2 is 0.622 bits per heavy atom. The Labute approximate surface area is 591 Å². The molecule has 0 fully saturated rings. The molecule has 6 rings (SSSR count). The average Bonchev–Trinajstić information content (AvgIpc) is 0.829. The van der Waals surface area contributed by atoms with Crippen molar-refractivity contribution in [2.45, 2.75) is 71.9 Å². The Morgan fingerprint density at radius 1 is 0.411 bits per heavy atom. The van der Waals surface area contributed by atoms with Crippen molar-refractivity contribution in [3.63, 3.8) is 0 Å². The van der Waals surface area contributed by atoms with Crippen LogP contribution in [0.2, 0.25) is 0 Å². The van der Waals surface area contributed by atoms with Crippen LogP contribution in [0.4, 0.5) is 49.5 Å². The van der Waals surface area contributed by atoms with Gasteiger partial charge in [-0.25, -0.2) is 15.0 Å². The van der Waals surface area contributed by atoms with Crippen LogP contribution in [-0.2, 0) is 60.7 Å². The molecule has 0 aliphatic heterocycles.